The summed E-state index contributed by atoms with van der Waals surface area (Å²) in [5.74, 6) is -0.0298. The van der Waals surface area contributed by atoms with Crippen LogP contribution < -0.4 is 11.1 Å². The number of hydrogen-bond donors (Lipinski definition) is 2. The van der Waals surface area contributed by atoms with Gasteiger partial charge in [0.05, 0.1) is 22.9 Å². The number of sulfone groups is 1. The average Bonchev–Trinajstić information content (AvgIpc) is 2.21. The van der Waals surface area contributed by atoms with Gasteiger partial charge in [-0.05, 0) is 31.0 Å². The first kappa shape index (κ1) is 12.2. The molecule has 1 unspecified atom stereocenters. The first-order valence-corrected chi connectivity index (χ1v) is 7.30. The van der Waals surface area contributed by atoms with Crippen LogP contribution in [0.2, 0.25) is 0 Å². The van der Waals surface area contributed by atoms with Gasteiger partial charge < -0.3 is 11.1 Å². The SMILES string of the molecule is Nc1cc(F)ccc1NC1CCCS(=O)(=O)C1. The van der Waals surface area contributed by atoms with Gasteiger partial charge in [-0.15, -0.1) is 0 Å². The molecule has 0 aliphatic carbocycles. The van der Waals surface area contributed by atoms with Crippen LogP contribution in [0.5, 0.6) is 0 Å². The fraction of sp³-hybridized carbons (Fsp3) is 0.455. The van der Waals surface area contributed by atoms with Gasteiger partial charge in [-0.25, -0.2) is 12.8 Å². The van der Waals surface area contributed by atoms with Gasteiger partial charge in [0.2, 0.25) is 0 Å². The van der Waals surface area contributed by atoms with Crippen molar-refractivity contribution < 1.29 is 12.8 Å². The number of anilines is 2. The number of hydrogen-bond acceptors (Lipinski definition) is 4. The summed E-state index contributed by atoms with van der Waals surface area (Å²) >= 11 is 0. The lowest BCUT2D eigenvalue weighted by Crippen LogP contribution is -2.35. The molecule has 6 heteroatoms. The summed E-state index contributed by atoms with van der Waals surface area (Å²) in [6.07, 6.45) is 1.44. The van der Waals surface area contributed by atoms with E-state index in [0.29, 0.717) is 17.8 Å². The summed E-state index contributed by atoms with van der Waals surface area (Å²) in [6.45, 7) is 0. The maximum atomic E-state index is 12.8. The van der Waals surface area contributed by atoms with Gasteiger partial charge >= 0.3 is 0 Å². The second-order valence-electron chi connectivity index (χ2n) is 4.33. The maximum absolute atomic E-state index is 12.8. The summed E-state index contributed by atoms with van der Waals surface area (Å²) in [4.78, 5) is 0. The van der Waals surface area contributed by atoms with Gasteiger partial charge in [-0.1, -0.05) is 0 Å². The van der Waals surface area contributed by atoms with Crippen molar-refractivity contribution in [3.8, 4) is 0 Å². The van der Waals surface area contributed by atoms with Gasteiger partial charge in [0.15, 0.2) is 9.84 Å². The van der Waals surface area contributed by atoms with Crippen molar-refractivity contribution in [2.45, 2.75) is 18.9 Å². The molecule has 1 saturated heterocycles. The highest BCUT2D eigenvalue weighted by atomic mass is 32.2. The molecular formula is C11H15FN2O2S. The fourth-order valence-corrected chi connectivity index (χ4v) is 3.66. The number of nitrogens with one attached hydrogen (secondary N) is 1. The number of nitrogens with two attached hydrogens (primary N) is 1. The Morgan fingerprint density at radius 3 is 2.82 bits per heavy atom. The predicted molar refractivity (Wildman–Crippen MR) is 66.1 cm³/mol. The van der Waals surface area contributed by atoms with Crippen molar-refractivity contribution in [3.05, 3.63) is 24.0 Å². The second kappa shape index (κ2) is 4.52. The highest BCUT2D eigenvalue weighted by Crippen LogP contribution is 2.23. The van der Waals surface area contributed by atoms with E-state index in [2.05, 4.69) is 5.32 Å². The Bertz CT molecular complexity index is 516. The summed E-state index contributed by atoms with van der Waals surface area (Å²) in [5, 5.41) is 3.06. The summed E-state index contributed by atoms with van der Waals surface area (Å²) in [7, 11) is -2.95. The van der Waals surface area contributed by atoms with Gasteiger partial charge in [0.25, 0.3) is 0 Å². The molecule has 3 N–H and O–H groups in total. The zero-order valence-electron chi connectivity index (χ0n) is 9.32. The minimum Gasteiger partial charge on any atom is -0.397 e. The molecule has 0 radical (unpaired) electrons. The molecule has 0 aromatic heterocycles. The van der Waals surface area contributed by atoms with E-state index in [1.807, 2.05) is 0 Å². The number of nitrogen functional groups attached to an aromatic ring is 1. The predicted octanol–water partition coefficient (Wildman–Crippen LogP) is 1.40. The molecule has 1 atom stereocenters. The Morgan fingerprint density at radius 1 is 1.41 bits per heavy atom. The van der Waals surface area contributed by atoms with Gasteiger partial charge in [0, 0.05) is 6.04 Å². The molecule has 1 aliphatic rings. The second-order valence-corrected chi connectivity index (χ2v) is 6.56. The normalized spacial score (nSPS) is 23.2. The minimum absolute atomic E-state index is 0.115. The standard InChI is InChI=1S/C11H15FN2O2S/c12-8-3-4-11(10(13)6-8)14-9-2-1-5-17(15,16)7-9/h3-4,6,9,14H,1-2,5,7,13H2. The molecule has 1 aliphatic heterocycles. The molecule has 0 saturated carbocycles. The highest BCUT2D eigenvalue weighted by molar-refractivity contribution is 7.91. The molecule has 0 spiro atoms. The van der Waals surface area contributed by atoms with E-state index in [9.17, 15) is 12.8 Å². The van der Waals surface area contributed by atoms with Crippen LogP contribution in [0, 0.1) is 5.82 Å². The van der Waals surface area contributed by atoms with Crippen molar-refractivity contribution in [1.29, 1.82) is 0 Å². The lowest BCUT2D eigenvalue weighted by atomic mass is 10.1. The van der Waals surface area contributed by atoms with Crippen LogP contribution in [0.4, 0.5) is 15.8 Å². The minimum atomic E-state index is -2.95. The Balaban J connectivity index is 2.10. The molecule has 94 valence electrons. The van der Waals surface area contributed by atoms with Crippen LogP contribution in [0.15, 0.2) is 18.2 Å². The topological polar surface area (TPSA) is 72.2 Å². The molecule has 1 fully saturated rings. The Kier molecular flexibility index (Phi) is 3.24. The number of benzene rings is 1. The summed E-state index contributed by atoms with van der Waals surface area (Å²) < 4.78 is 35.8. The molecule has 4 nitrogen and oxygen atoms in total. The molecule has 1 aromatic carbocycles. The molecule has 1 aromatic rings. The number of rotatable bonds is 2. The van der Waals surface area contributed by atoms with E-state index < -0.39 is 15.7 Å². The van der Waals surface area contributed by atoms with Gasteiger partial charge in [-0.2, -0.15) is 0 Å². The van der Waals surface area contributed by atoms with Crippen LogP contribution in [-0.4, -0.2) is 26.0 Å². The van der Waals surface area contributed by atoms with Crippen molar-refractivity contribution in [3.63, 3.8) is 0 Å². The van der Waals surface area contributed by atoms with E-state index in [4.69, 9.17) is 5.73 Å². The van der Waals surface area contributed by atoms with Gasteiger partial charge in [0.1, 0.15) is 5.82 Å². The van der Waals surface area contributed by atoms with Crippen LogP contribution in [-0.2, 0) is 9.84 Å². The summed E-state index contributed by atoms with van der Waals surface area (Å²) in [6, 6.07) is 3.92. The zero-order chi connectivity index (χ0) is 12.5. The summed E-state index contributed by atoms with van der Waals surface area (Å²) in [5.41, 5.74) is 6.54. The van der Waals surface area contributed by atoms with Gasteiger partial charge in [-0.3, -0.25) is 0 Å². The Morgan fingerprint density at radius 2 is 2.18 bits per heavy atom. The molecular weight excluding hydrogens is 243 g/mol. The number of halogens is 1. The van der Waals surface area contributed by atoms with E-state index in [1.165, 1.54) is 18.2 Å². The first-order valence-electron chi connectivity index (χ1n) is 5.48. The van der Waals surface area contributed by atoms with Crippen LogP contribution in [0.1, 0.15) is 12.8 Å². The van der Waals surface area contributed by atoms with Crippen molar-refractivity contribution in [2.75, 3.05) is 22.6 Å². The Hall–Kier alpha value is -1.30. The van der Waals surface area contributed by atoms with Crippen LogP contribution >= 0.6 is 0 Å². The lowest BCUT2D eigenvalue weighted by Gasteiger charge is -2.24. The molecule has 0 bridgehead atoms. The van der Waals surface area contributed by atoms with E-state index in [1.54, 1.807) is 0 Å². The Labute approximate surface area is 99.9 Å². The fourth-order valence-electron chi connectivity index (χ4n) is 2.02. The van der Waals surface area contributed by atoms with Crippen molar-refractivity contribution >= 4 is 21.2 Å². The molecule has 2 rings (SSSR count). The van der Waals surface area contributed by atoms with Crippen molar-refractivity contribution in [2.24, 2.45) is 0 Å². The largest absolute Gasteiger partial charge is 0.397 e. The van der Waals surface area contributed by atoms with Crippen molar-refractivity contribution in [1.82, 2.24) is 0 Å². The van der Waals surface area contributed by atoms with E-state index in [-0.39, 0.29) is 17.5 Å². The van der Waals surface area contributed by atoms with E-state index in [0.717, 1.165) is 6.42 Å². The lowest BCUT2D eigenvalue weighted by molar-refractivity contribution is 0.562. The smallest absolute Gasteiger partial charge is 0.152 e. The highest BCUT2D eigenvalue weighted by Gasteiger charge is 2.24. The first-order chi connectivity index (χ1) is 7.96. The molecule has 17 heavy (non-hydrogen) atoms. The van der Waals surface area contributed by atoms with Crippen LogP contribution in [0.25, 0.3) is 0 Å². The third-order valence-electron chi connectivity index (χ3n) is 2.84. The van der Waals surface area contributed by atoms with E-state index >= 15 is 0 Å². The zero-order valence-corrected chi connectivity index (χ0v) is 10.1. The monoisotopic (exact) mass is 258 g/mol. The maximum Gasteiger partial charge on any atom is 0.152 e. The molecule has 0 amide bonds. The molecule has 1 heterocycles. The average molecular weight is 258 g/mol. The van der Waals surface area contributed by atoms with Crippen LogP contribution in [0.3, 0.4) is 0 Å². The quantitative estimate of drug-likeness (QED) is 0.786. The third kappa shape index (κ3) is 3.09. The third-order valence-corrected chi connectivity index (χ3v) is 4.66.